The third-order valence-corrected chi connectivity index (χ3v) is 8.26. The van der Waals surface area contributed by atoms with Crippen LogP contribution in [0.5, 0.6) is 11.5 Å². The highest BCUT2D eigenvalue weighted by atomic mass is 32.4. The first kappa shape index (κ1) is 12.9. The van der Waals surface area contributed by atoms with Crippen molar-refractivity contribution in [2.24, 2.45) is 0 Å². The van der Waals surface area contributed by atoms with Crippen LogP contribution in [-0.4, -0.2) is 27.0 Å². The van der Waals surface area contributed by atoms with Crippen LogP contribution in [0.4, 0.5) is 0 Å². The van der Waals surface area contributed by atoms with Gasteiger partial charge in [-0.15, -0.1) is 0 Å². The van der Waals surface area contributed by atoms with Crippen LogP contribution in [-0.2, 0) is 18.2 Å². The third-order valence-electron chi connectivity index (χ3n) is 3.74. The van der Waals surface area contributed by atoms with Gasteiger partial charge in [-0.25, -0.2) is 0 Å². The topological polar surface area (TPSA) is 18.5 Å². The first-order valence-corrected chi connectivity index (χ1v) is 9.31. The molecule has 2 atom stereocenters. The van der Waals surface area contributed by atoms with Crippen molar-refractivity contribution >= 4 is 17.8 Å². The van der Waals surface area contributed by atoms with Crippen LogP contribution in [0, 0.1) is 0 Å². The Balaban J connectivity index is 2.54. The van der Waals surface area contributed by atoms with Crippen LogP contribution in [0.2, 0.25) is 0 Å². The number of hydrogen-bond acceptors (Lipinski definition) is 3. The fourth-order valence-corrected chi connectivity index (χ4v) is 4.89. The van der Waals surface area contributed by atoms with E-state index in [9.17, 15) is 0 Å². The van der Waals surface area contributed by atoms with E-state index < -0.39 is 6.04 Å². The minimum Gasteiger partial charge on any atom is -0.493 e. The SMILES string of the molecule is COc1cc2c(cc1OC)[C@H](C)[P@@](C)(=S)CC2. The van der Waals surface area contributed by atoms with E-state index in [0.29, 0.717) is 5.66 Å². The molecular weight excluding hydrogens is 251 g/mol. The number of benzene rings is 1. The highest BCUT2D eigenvalue weighted by Crippen LogP contribution is 2.60. The Morgan fingerprint density at radius 1 is 1.24 bits per heavy atom. The Morgan fingerprint density at radius 3 is 2.41 bits per heavy atom. The summed E-state index contributed by atoms with van der Waals surface area (Å²) < 4.78 is 10.7. The lowest BCUT2D eigenvalue weighted by atomic mass is 10.0. The maximum atomic E-state index is 5.77. The van der Waals surface area contributed by atoms with Crippen molar-refractivity contribution in [1.82, 2.24) is 0 Å². The molecule has 1 aromatic rings. The van der Waals surface area contributed by atoms with E-state index in [1.165, 1.54) is 11.1 Å². The molecule has 0 fully saturated rings. The van der Waals surface area contributed by atoms with Crippen molar-refractivity contribution in [3.8, 4) is 11.5 Å². The molecule has 0 aliphatic carbocycles. The molecule has 2 rings (SSSR count). The molecule has 2 nitrogen and oxygen atoms in total. The number of hydrogen-bond donors (Lipinski definition) is 0. The van der Waals surface area contributed by atoms with E-state index in [2.05, 4.69) is 25.7 Å². The molecule has 94 valence electrons. The normalized spacial score (nSPS) is 27.4. The first-order chi connectivity index (χ1) is 7.99. The summed E-state index contributed by atoms with van der Waals surface area (Å²) in [4.78, 5) is 0. The Hall–Kier alpha value is -0.530. The molecule has 0 bridgehead atoms. The zero-order valence-corrected chi connectivity index (χ0v) is 12.5. The van der Waals surface area contributed by atoms with E-state index in [-0.39, 0.29) is 0 Å². The molecule has 0 radical (unpaired) electrons. The van der Waals surface area contributed by atoms with E-state index >= 15 is 0 Å². The molecule has 17 heavy (non-hydrogen) atoms. The maximum Gasteiger partial charge on any atom is 0.161 e. The van der Waals surface area contributed by atoms with Gasteiger partial charge in [0.2, 0.25) is 0 Å². The summed E-state index contributed by atoms with van der Waals surface area (Å²) in [7, 11) is 3.36. The van der Waals surface area contributed by atoms with Gasteiger partial charge in [0, 0.05) is 5.66 Å². The highest BCUT2D eigenvalue weighted by Gasteiger charge is 2.29. The second-order valence-corrected chi connectivity index (χ2v) is 10.8. The Morgan fingerprint density at radius 2 is 1.82 bits per heavy atom. The number of methoxy groups -OCH3 is 2. The predicted molar refractivity (Wildman–Crippen MR) is 76.7 cm³/mol. The monoisotopic (exact) mass is 270 g/mol. The van der Waals surface area contributed by atoms with Crippen LogP contribution >= 0.6 is 6.04 Å². The van der Waals surface area contributed by atoms with Gasteiger partial charge in [-0.1, -0.05) is 18.7 Å². The van der Waals surface area contributed by atoms with Crippen LogP contribution < -0.4 is 9.47 Å². The Bertz CT molecular complexity index is 485. The summed E-state index contributed by atoms with van der Waals surface area (Å²) in [6.45, 7) is 4.53. The lowest BCUT2D eigenvalue weighted by molar-refractivity contribution is 0.354. The summed E-state index contributed by atoms with van der Waals surface area (Å²) in [6, 6.07) is 3.00. The molecule has 4 heteroatoms. The van der Waals surface area contributed by atoms with Gasteiger partial charge >= 0.3 is 0 Å². The zero-order valence-electron chi connectivity index (χ0n) is 10.8. The van der Waals surface area contributed by atoms with Gasteiger partial charge in [0.15, 0.2) is 11.5 Å². The number of aryl methyl sites for hydroxylation is 1. The molecule has 0 N–H and O–H groups in total. The lowest BCUT2D eigenvalue weighted by Crippen LogP contribution is -2.12. The molecule has 1 heterocycles. The largest absolute Gasteiger partial charge is 0.493 e. The van der Waals surface area contributed by atoms with Gasteiger partial charge in [-0.05, 0) is 48.5 Å². The Kier molecular flexibility index (Phi) is 3.51. The average molecular weight is 270 g/mol. The van der Waals surface area contributed by atoms with Crippen LogP contribution in [0.1, 0.15) is 23.7 Å². The summed E-state index contributed by atoms with van der Waals surface area (Å²) in [6.07, 6.45) is 2.24. The molecule has 0 saturated carbocycles. The van der Waals surface area contributed by atoms with Crippen molar-refractivity contribution < 1.29 is 9.47 Å². The smallest absolute Gasteiger partial charge is 0.161 e. The van der Waals surface area contributed by atoms with Gasteiger partial charge in [0.25, 0.3) is 0 Å². The highest BCUT2D eigenvalue weighted by molar-refractivity contribution is 8.14. The standard InChI is InChI=1S/C13H19O2PS/c1-9-11-8-13(15-3)12(14-2)7-10(11)5-6-16(9,4)17/h7-9H,5-6H2,1-4H3/t9-,16-/m0/s1. The fraction of sp³-hybridized carbons (Fsp3) is 0.538. The maximum absolute atomic E-state index is 5.77. The molecule has 0 saturated heterocycles. The van der Waals surface area contributed by atoms with Crippen molar-refractivity contribution in [1.29, 1.82) is 0 Å². The first-order valence-electron chi connectivity index (χ1n) is 5.80. The third kappa shape index (κ3) is 2.23. The van der Waals surface area contributed by atoms with Crippen LogP contribution in [0.25, 0.3) is 0 Å². The summed E-state index contributed by atoms with van der Waals surface area (Å²) >= 11 is 5.77. The van der Waals surface area contributed by atoms with Crippen molar-refractivity contribution in [3.05, 3.63) is 23.3 Å². The quantitative estimate of drug-likeness (QED) is 0.767. The number of ether oxygens (including phenoxy) is 2. The molecular formula is C13H19O2PS. The van der Waals surface area contributed by atoms with Crippen LogP contribution in [0.15, 0.2) is 12.1 Å². The molecule has 0 aromatic heterocycles. The van der Waals surface area contributed by atoms with Gasteiger partial charge in [0.1, 0.15) is 0 Å². The minimum absolute atomic E-state index is 0.487. The molecule has 0 amide bonds. The molecule has 1 aliphatic heterocycles. The van der Waals surface area contributed by atoms with E-state index in [1.54, 1.807) is 14.2 Å². The summed E-state index contributed by atoms with van der Waals surface area (Å²) in [5.74, 6) is 1.64. The van der Waals surface area contributed by atoms with E-state index in [0.717, 1.165) is 24.1 Å². The van der Waals surface area contributed by atoms with Crippen molar-refractivity contribution in [3.63, 3.8) is 0 Å². The lowest BCUT2D eigenvalue weighted by Gasteiger charge is -2.32. The van der Waals surface area contributed by atoms with E-state index in [4.69, 9.17) is 21.3 Å². The van der Waals surface area contributed by atoms with Crippen molar-refractivity contribution in [2.75, 3.05) is 27.0 Å². The summed E-state index contributed by atoms with van der Waals surface area (Å²) in [5.41, 5.74) is 3.22. The van der Waals surface area contributed by atoms with Gasteiger partial charge < -0.3 is 9.47 Å². The van der Waals surface area contributed by atoms with E-state index in [1.807, 2.05) is 0 Å². The molecule has 1 aromatic carbocycles. The zero-order chi connectivity index (χ0) is 12.6. The second kappa shape index (κ2) is 4.62. The number of rotatable bonds is 2. The summed E-state index contributed by atoms with van der Waals surface area (Å²) in [5, 5.41) is 0. The predicted octanol–water partition coefficient (Wildman–Crippen LogP) is 3.43. The number of fused-ring (bicyclic) bond motifs is 1. The fourth-order valence-electron chi connectivity index (χ4n) is 2.37. The van der Waals surface area contributed by atoms with Crippen molar-refractivity contribution in [2.45, 2.75) is 19.0 Å². The van der Waals surface area contributed by atoms with Gasteiger partial charge in [0.05, 0.1) is 14.2 Å². The minimum atomic E-state index is -1.23. The molecule has 1 aliphatic rings. The molecule has 0 spiro atoms. The molecule has 0 unspecified atom stereocenters. The second-order valence-electron chi connectivity index (χ2n) is 4.73. The van der Waals surface area contributed by atoms with Gasteiger partial charge in [-0.3, -0.25) is 0 Å². The van der Waals surface area contributed by atoms with Crippen LogP contribution in [0.3, 0.4) is 0 Å². The Labute approximate surface area is 108 Å². The van der Waals surface area contributed by atoms with Gasteiger partial charge in [-0.2, -0.15) is 0 Å². The average Bonchev–Trinajstić information content (AvgIpc) is 2.33.